The highest BCUT2D eigenvalue weighted by Gasteiger charge is 2.16. The number of fused-ring (bicyclic) bond motifs is 2. The predicted molar refractivity (Wildman–Crippen MR) is 181 cm³/mol. The summed E-state index contributed by atoms with van der Waals surface area (Å²) in [4.78, 5) is 21.0. The second-order valence-electron chi connectivity index (χ2n) is 11.7. The van der Waals surface area contributed by atoms with Crippen LogP contribution in [0.25, 0.3) is 44.8 Å². The molecule has 0 aliphatic rings. The number of benzene rings is 3. The number of hydrogen-bond donors (Lipinski definition) is 2. The van der Waals surface area contributed by atoms with Crippen molar-refractivity contribution >= 4 is 22.1 Å². The zero-order valence-electron chi connectivity index (χ0n) is 27.2. The topological polar surface area (TPSA) is 101 Å². The molecule has 0 radical (unpaired) electrons. The van der Waals surface area contributed by atoms with E-state index in [9.17, 15) is 0 Å². The van der Waals surface area contributed by atoms with Crippen LogP contribution < -0.4 is 14.2 Å². The summed E-state index contributed by atoms with van der Waals surface area (Å²) >= 11 is 0. The third-order valence-electron chi connectivity index (χ3n) is 7.29. The first-order chi connectivity index (χ1) is 21.9. The van der Waals surface area contributed by atoms with Crippen molar-refractivity contribution in [1.29, 1.82) is 0 Å². The van der Waals surface area contributed by atoms with Gasteiger partial charge in [0.2, 0.25) is 0 Å². The van der Waals surface area contributed by atoms with Gasteiger partial charge < -0.3 is 38.7 Å². The van der Waals surface area contributed by atoms with Crippen LogP contribution in [0.15, 0.2) is 54.6 Å². The van der Waals surface area contributed by atoms with Crippen molar-refractivity contribution in [1.82, 2.24) is 29.7 Å². The van der Waals surface area contributed by atoms with Gasteiger partial charge in [-0.1, -0.05) is 13.0 Å². The molecule has 0 aliphatic carbocycles. The molecule has 45 heavy (non-hydrogen) atoms. The average Bonchev–Trinajstić information content (AvgIpc) is 3.65. The maximum atomic E-state index is 6.29. The highest BCUT2D eigenvalue weighted by Crippen LogP contribution is 2.35. The fraction of sp³-hybridized carbons (Fsp3) is 0.429. The van der Waals surface area contributed by atoms with E-state index in [-0.39, 0.29) is 0 Å². The van der Waals surface area contributed by atoms with Gasteiger partial charge in [-0.25, -0.2) is 9.97 Å². The van der Waals surface area contributed by atoms with Crippen molar-refractivity contribution in [3.63, 3.8) is 0 Å². The number of aromatic nitrogens is 4. The number of ether oxygens (including phenoxy) is 4. The summed E-state index contributed by atoms with van der Waals surface area (Å²) in [6, 6.07) is 18.0. The fourth-order valence-electron chi connectivity index (χ4n) is 5.00. The molecule has 2 N–H and O–H groups in total. The molecule has 2 heterocycles. The molecule has 0 fully saturated rings. The Balaban J connectivity index is 1.37. The molecular formula is C35H46N6O4. The second-order valence-corrected chi connectivity index (χ2v) is 11.7. The van der Waals surface area contributed by atoms with Gasteiger partial charge in [-0.15, -0.1) is 0 Å². The average molecular weight is 615 g/mol. The van der Waals surface area contributed by atoms with E-state index in [1.807, 2.05) is 54.6 Å². The molecule has 10 heteroatoms. The lowest BCUT2D eigenvalue weighted by atomic mass is 10.1. The lowest BCUT2D eigenvalue weighted by Gasteiger charge is -2.12. The van der Waals surface area contributed by atoms with Crippen LogP contribution in [0.5, 0.6) is 17.2 Å². The summed E-state index contributed by atoms with van der Waals surface area (Å²) in [5, 5.41) is 0. The maximum absolute atomic E-state index is 6.29. The van der Waals surface area contributed by atoms with Gasteiger partial charge in [-0.2, -0.15) is 0 Å². The lowest BCUT2D eigenvalue weighted by molar-refractivity contribution is 0.101. The predicted octanol–water partition coefficient (Wildman–Crippen LogP) is 6.24. The maximum Gasteiger partial charge on any atom is 0.142 e. The first-order valence-electron chi connectivity index (χ1n) is 15.8. The zero-order chi connectivity index (χ0) is 31.6. The first kappa shape index (κ1) is 32.3. The van der Waals surface area contributed by atoms with Gasteiger partial charge in [0.25, 0.3) is 0 Å². The van der Waals surface area contributed by atoms with Gasteiger partial charge in [0.1, 0.15) is 35.5 Å². The van der Waals surface area contributed by atoms with Crippen LogP contribution in [0, 0.1) is 0 Å². The second kappa shape index (κ2) is 15.7. The molecule has 0 amide bonds. The number of rotatable bonds is 18. The number of nitrogens with zero attached hydrogens (tertiary/aromatic N) is 4. The van der Waals surface area contributed by atoms with Crippen molar-refractivity contribution in [3.8, 4) is 40.0 Å². The normalized spacial score (nSPS) is 11.7. The molecule has 10 nitrogen and oxygen atoms in total. The minimum absolute atomic E-state index is 0.427. The van der Waals surface area contributed by atoms with E-state index in [0.29, 0.717) is 38.8 Å². The number of aromatic amines is 2. The molecule has 2 aromatic heterocycles. The Hall–Kier alpha value is -4.12. The Morgan fingerprint density at radius 2 is 1.22 bits per heavy atom. The summed E-state index contributed by atoms with van der Waals surface area (Å²) in [5.41, 5.74) is 5.35. The van der Waals surface area contributed by atoms with Crippen LogP contribution in [0.2, 0.25) is 0 Å². The number of nitrogens with one attached hydrogen (secondary N) is 2. The molecular weight excluding hydrogens is 568 g/mol. The van der Waals surface area contributed by atoms with Gasteiger partial charge in [0.15, 0.2) is 0 Å². The van der Waals surface area contributed by atoms with E-state index in [1.54, 1.807) is 0 Å². The van der Waals surface area contributed by atoms with Crippen LogP contribution in [0.1, 0.15) is 26.2 Å². The smallest absolute Gasteiger partial charge is 0.142 e. The molecule has 0 aliphatic heterocycles. The molecule has 0 saturated carbocycles. The van der Waals surface area contributed by atoms with E-state index in [4.69, 9.17) is 28.9 Å². The molecule has 3 aromatic carbocycles. The molecule has 240 valence electrons. The Morgan fingerprint density at radius 3 is 1.82 bits per heavy atom. The van der Waals surface area contributed by atoms with Gasteiger partial charge in [-0.3, -0.25) is 0 Å². The monoisotopic (exact) mass is 614 g/mol. The minimum Gasteiger partial charge on any atom is -0.493 e. The third-order valence-corrected chi connectivity index (χ3v) is 7.29. The van der Waals surface area contributed by atoms with Crippen molar-refractivity contribution in [2.45, 2.75) is 26.2 Å². The lowest BCUT2D eigenvalue weighted by Crippen LogP contribution is -2.15. The van der Waals surface area contributed by atoms with E-state index < -0.39 is 0 Å². The number of imidazole rings is 2. The summed E-state index contributed by atoms with van der Waals surface area (Å²) in [6.07, 6.45) is 2.90. The summed E-state index contributed by atoms with van der Waals surface area (Å²) in [6.45, 7) is 7.04. The number of H-pyrrole nitrogens is 2. The molecule has 0 saturated heterocycles. The standard InChI is InChI=1S/C35H46N6O4/c1-6-17-42-20-21-45-33-22-25(34-36-29-13-10-26(23-31(29)38-34)43-18-7-15-40(2)3)9-12-28(33)35-37-30-14-11-27(24-32(30)39-35)44-19-8-16-41(4)5/h9-14,22-24H,6-8,15-21H2,1-5H3,(H,36,38)(H,37,39). The van der Waals surface area contributed by atoms with E-state index in [1.165, 1.54) is 0 Å². The minimum atomic E-state index is 0.427. The molecule has 0 atom stereocenters. The third kappa shape index (κ3) is 8.97. The number of hydrogen-bond acceptors (Lipinski definition) is 8. The summed E-state index contributed by atoms with van der Waals surface area (Å²) in [7, 11) is 8.27. The van der Waals surface area contributed by atoms with Gasteiger partial charge in [-0.05, 0) is 83.9 Å². The fourth-order valence-corrected chi connectivity index (χ4v) is 5.00. The highest BCUT2D eigenvalue weighted by atomic mass is 16.5. The largest absolute Gasteiger partial charge is 0.493 e. The summed E-state index contributed by atoms with van der Waals surface area (Å²) < 4.78 is 23.9. The van der Waals surface area contributed by atoms with Crippen LogP contribution in [0.3, 0.4) is 0 Å². The summed E-state index contributed by atoms with van der Waals surface area (Å²) in [5.74, 6) is 3.84. The van der Waals surface area contributed by atoms with Crippen LogP contribution >= 0.6 is 0 Å². The Bertz CT molecular complexity index is 1660. The van der Waals surface area contributed by atoms with Crippen LogP contribution in [-0.4, -0.2) is 104 Å². The van der Waals surface area contributed by atoms with E-state index in [2.05, 4.69) is 54.9 Å². The van der Waals surface area contributed by atoms with Crippen LogP contribution in [-0.2, 0) is 4.74 Å². The highest BCUT2D eigenvalue weighted by molar-refractivity contribution is 5.84. The van der Waals surface area contributed by atoms with Crippen molar-refractivity contribution in [2.24, 2.45) is 0 Å². The van der Waals surface area contributed by atoms with Gasteiger partial charge in [0, 0.05) is 37.4 Å². The Kier molecular flexibility index (Phi) is 11.3. The Morgan fingerprint density at radius 1 is 0.622 bits per heavy atom. The van der Waals surface area contributed by atoms with Gasteiger partial charge >= 0.3 is 0 Å². The Labute approximate surface area is 265 Å². The molecule has 0 bridgehead atoms. The van der Waals surface area contributed by atoms with Gasteiger partial charge in [0.05, 0.1) is 47.5 Å². The van der Waals surface area contributed by atoms with E-state index in [0.717, 1.165) is 88.7 Å². The zero-order valence-corrected chi connectivity index (χ0v) is 27.2. The van der Waals surface area contributed by atoms with Crippen molar-refractivity contribution in [2.75, 3.05) is 74.3 Å². The molecule has 0 unspecified atom stereocenters. The van der Waals surface area contributed by atoms with Crippen molar-refractivity contribution < 1.29 is 18.9 Å². The molecule has 5 rings (SSSR count). The van der Waals surface area contributed by atoms with Crippen LogP contribution in [0.4, 0.5) is 0 Å². The molecule has 0 spiro atoms. The first-order valence-corrected chi connectivity index (χ1v) is 15.8. The van der Waals surface area contributed by atoms with Crippen molar-refractivity contribution in [3.05, 3.63) is 54.6 Å². The van der Waals surface area contributed by atoms with E-state index >= 15 is 0 Å². The quantitative estimate of drug-likeness (QED) is 0.112. The SMILES string of the molecule is CCCOCCOc1cc(-c2nc3ccc(OCCCN(C)C)cc3[nH]2)ccc1-c1nc2ccc(OCCCN(C)C)cc2[nH]1. The molecule has 5 aromatic rings.